The van der Waals surface area contributed by atoms with Crippen LogP contribution in [0.2, 0.25) is 0 Å². The molecule has 0 radical (unpaired) electrons. The molecule has 2 aliphatic carbocycles. The molecule has 0 amide bonds. The Balaban J connectivity index is 2.08. The summed E-state index contributed by atoms with van der Waals surface area (Å²) in [7, 11) is -3.50. The largest absolute Gasteiger partial charge is 0.459 e. The van der Waals surface area contributed by atoms with Crippen molar-refractivity contribution in [2.45, 2.75) is 44.5 Å². The van der Waals surface area contributed by atoms with E-state index >= 15 is 0 Å². The molecule has 2 fully saturated rings. The van der Waals surface area contributed by atoms with Crippen molar-refractivity contribution in [3.05, 3.63) is 24.3 Å². The van der Waals surface area contributed by atoms with Crippen molar-refractivity contribution >= 4 is 15.8 Å². The molecule has 2 rings (SSSR count). The van der Waals surface area contributed by atoms with Crippen LogP contribution in [0.25, 0.3) is 0 Å². The number of hydrogen-bond donors (Lipinski definition) is 0. The number of carbonyl (C=O) groups excluding carboxylic acids is 1. The van der Waals surface area contributed by atoms with Gasteiger partial charge in [-0.05, 0) is 50.7 Å². The van der Waals surface area contributed by atoms with Gasteiger partial charge in [-0.25, -0.2) is 8.42 Å². The van der Waals surface area contributed by atoms with Gasteiger partial charge < -0.3 is 4.74 Å². The van der Waals surface area contributed by atoms with Gasteiger partial charge in [0.25, 0.3) is 0 Å². The number of hydrogen-bond acceptors (Lipinski definition) is 4. The molecule has 2 aliphatic rings. The van der Waals surface area contributed by atoms with Gasteiger partial charge >= 0.3 is 5.97 Å². The zero-order valence-electron chi connectivity index (χ0n) is 12.3. The van der Waals surface area contributed by atoms with Crippen molar-refractivity contribution in [2.75, 3.05) is 5.75 Å². The van der Waals surface area contributed by atoms with Gasteiger partial charge in [0, 0.05) is 5.92 Å². The number of fused-ring (bicyclic) bond motifs is 2. The Kier molecular flexibility index (Phi) is 3.61. The molecule has 0 heterocycles. The van der Waals surface area contributed by atoms with Crippen LogP contribution in [0.5, 0.6) is 0 Å². The van der Waals surface area contributed by atoms with Crippen LogP contribution in [0.4, 0.5) is 0 Å². The van der Waals surface area contributed by atoms with E-state index in [-0.39, 0.29) is 11.8 Å². The maximum atomic E-state index is 12.4. The first-order valence-electron chi connectivity index (χ1n) is 6.82. The minimum atomic E-state index is -3.50. The van der Waals surface area contributed by atoms with Gasteiger partial charge in [0.2, 0.25) is 0 Å². The van der Waals surface area contributed by atoms with E-state index in [0.29, 0.717) is 6.42 Å². The van der Waals surface area contributed by atoms with E-state index in [0.717, 1.165) is 17.6 Å². The van der Waals surface area contributed by atoms with Crippen molar-refractivity contribution in [1.29, 1.82) is 0 Å². The Morgan fingerprint density at radius 1 is 1.25 bits per heavy atom. The smallest absolute Gasteiger partial charge is 0.321 e. The molecule has 2 saturated carbocycles. The van der Waals surface area contributed by atoms with Crippen LogP contribution in [0, 0.1) is 11.8 Å². The molecule has 0 saturated heterocycles. The SMILES string of the molecule is C=C1C(=C)C2CC1CC2S(=O)(=O)CC(=O)OC(C)(C)C. The Morgan fingerprint density at radius 3 is 2.30 bits per heavy atom. The van der Waals surface area contributed by atoms with Crippen LogP contribution in [0.1, 0.15) is 33.6 Å². The molecular weight excluding hydrogens is 276 g/mol. The van der Waals surface area contributed by atoms with Crippen LogP contribution in [-0.4, -0.2) is 31.0 Å². The highest BCUT2D eigenvalue weighted by atomic mass is 32.2. The quantitative estimate of drug-likeness (QED) is 0.750. The molecule has 112 valence electrons. The highest BCUT2D eigenvalue weighted by molar-refractivity contribution is 7.92. The lowest BCUT2D eigenvalue weighted by molar-refractivity contribution is -0.151. The number of ether oxygens (including phenoxy) is 1. The average Bonchev–Trinajstić information content (AvgIpc) is 2.77. The summed E-state index contributed by atoms with van der Waals surface area (Å²) < 4.78 is 29.9. The van der Waals surface area contributed by atoms with Crippen LogP contribution in [0.3, 0.4) is 0 Å². The molecule has 0 aromatic carbocycles. The zero-order chi connectivity index (χ0) is 15.3. The molecule has 4 nitrogen and oxygen atoms in total. The Hall–Kier alpha value is -1.10. The van der Waals surface area contributed by atoms with Crippen LogP contribution in [-0.2, 0) is 19.4 Å². The number of carbonyl (C=O) groups is 1. The molecule has 3 atom stereocenters. The topological polar surface area (TPSA) is 60.4 Å². The molecule has 0 aromatic rings. The van der Waals surface area contributed by atoms with Crippen LogP contribution in [0.15, 0.2) is 24.3 Å². The lowest BCUT2D eigenvalue weighted by atomic mass is 9.92. The maximum absolute atomic E-state index is 12.4. The summed E-state index contributed by atoms with van der Waals surface area (Å²) in [5.41, 5.74) is 1.16. The third-order valence-corrected chi connectivity index (χ3v) is 6.14. The van der Waals surface area contributed by atoms with Gasteiger partial charge in [0.1, 0.15) is 11.4 Å². The average molecular weight is 298 g/mol. The van der Waals surface area contributed by atoms with Crippen molar-refractivity contribution in [3.63, 3.8) is 0 Å². The second-order valence-corrected chi connectivity index (χ2v) is 8.98. The van der Waals surface area contributed by atoms with Gasteiger partial charge in [-0.2, -0.15) is 0 Å². The van der Waals surface area contributed by atoms with Crippen molar-refractivity contribution < 1.29 is 17.9 Å². The number of esters is 1. The summed E-state index contributed by atoms with van der Waals surface area (Å²) in [6.45, 7) is 13.1. The minimum Gasteiger partial charge on any atom is -0.459 e. The molecular formula is C15H22O4S. The van der Waals surface area contributed by atoms with E-state index in [4.69, 9.17) is 4.74 Å². The van der Waals surface area contributed by atoms with E-state index < -0.39 is 32.4 Å². The Morgan fingerprint density at radius 2 is 1.85 bits per heavy atom. The van der Waals surface area contributed by atoms with Crippen LogP contribution < -0.4 is 0 Å². The molecule has 3 unspecified atom stereocenters. The number of allylic oxidation sites excluding steroid dienone is 2. The molecule has 0 aromatic heterocycles. The number of rotatable bonds is 3. The zero-order valence-corrected chi connectivity index (χ0v) is 13.1. The summed E-state index contributed by atoms with van der Waals surface area (Å²) in [6.07, 6.45) is 1.36. The van der Waals surface area contributed by atoms with Crippen molar-refractivity contribution in [2.24, 2.45) is 11.8 Å². The monoisotopic (exact) mass is 298 g/mol. The summed E-state index contributed by atoms with van der Waals surface area (Å²) in [4.78, 5) is 11.7. The van der Waals surface area contributed by atoms with E-state index in [1.165, 1.54) is 0 Å². The molecule has 0 aliphatic heterocycles. The Labute approximate surface area is 120 Å². The normalized spacial score (nSPS) is 29.9. The maximum Gasteiger partial charge on any atom is 0.321 e. The lowest BCUT2D eigenvalue weighted by Gasteiger charge is -2.25. The first-order valence-corrected chi connectivity index (χ1v) is 8.54. The predicted molar refractivity (Wildman–Crippen MR) is 77.9 cm³/mol. The highest BCUT2D eigenvalue weighted by Crippen LogP contribution is 2.52. The fourth-order valence-electron chi connectivity index (χ4n) is 3.19. The molecule has 0 N–H and O–H groups in total. The van der Waals surface area contributed by atoms with Crippen molar-refractivity contribution in [1.82, 2.24) is 0 Å². The third kappa shape index (κ3) is 2.82. The van der Waals surface area contributed by atoms with Gasteiger partial charge in [-0.1, -0.05) is 13.2 Å². The summed E-state index contributed by atoms with van der Waals surface area (Å²) >= 11 is 0. The summed E-state index contributed by atoms with van der Waals surface area (Å²) in [5, 5.41) is -0.502. The second-order valence-electron chi connectivity index (χ2n) is 6.76. The first-order chi connectivity index (χ1) is 9.01. The number of sulfone groups is 1. The Bertz CT molecular complexity index is 565. The van der Waals surface area contributed by atoms with E-state index in [2.05, 4.69) is 13.2 Å². The van der Waals surface area contributed by atoms with Crippen LogP contribution >= 0.6 is 0 Å². The molecule has 20 heavy (non-hydrogen) atoms. The van der Waals surface area contributed by atoms with E-state index in [1.54, 1.807) is 20.8 Å². The standard InChI is InChI=1S/C15H22O4S/c1-9-10(2)12-6-11(9)7-13(12)20(17,18)8-14(16)19-15(3,4)5/h11-13H,1-2,6-8H2,3-5H3. The lowest BCUT2D eigenvalue weighted by Crippen LogP contribution is -2.36. The van der Waals surface area contributed by atoms with E-state index in [1.807, 2.05) is 0 Å². The van der Waals surface area contributed by atoms with Crippen molar-refractivity contribution in [3.8, 4) is 0 Å². The van der Waals surface area contributed by atoms with E-state index in [9.17, 15) is 13.2 Å². The summed E-state index contributed by atoms with van der Waals surface area (Å²) in [5.74, 6) is -1.08. The highest BCUT2D eigenvalue weighted by Gasteiger charge is 2.50. The fourth-order valence-corrected chi connectivity index (χ4v) is 5.09. The van der Waals surface area contributed by atoms with Gasteiger partial charge in [-0.3, -0.25) is 4.79 Å². The molecule has 2 bridgehead atoms. The molecule has 5 heteroatoms. The first kappa shape index (κ1) is 15.3. The molecule has 0 spiro atoms. The summed E-state index contributed by atoms with van der Waals surface area (Å²) in [6, 6.07) is 0. The predicted octanol–water partition coefficient (Wildman–Crippen LogP) is 2.26. The fraction of sp³-hybridized carbons (Fsp3) is 0.667. The minimum absolute atomic E-state index is 0.0695. The van der Waals surface area contributed by atoms with Gasteiger partial charge in [-0.15, -0.1) is 0 Å². The third-order valence-electron chi connectivity index (χ3n) is 4.06. The van der Waals surface area contributed by atoms with Gasteiger partial charge in [0.05, 0.1) is 5.25 Å². The second kappa shape index (κ2) is 4.72. The van der Waals surface area contributed by atoms with Gasteiger partial charge in [0.15, 0.2) is 9.84 Å².